The largest absolute Gasteiger partial charge is 0.492 e. The van der Waals surface area contributed by atoms with Gasteiger partial charge in [0, 0.05) is 31.4 Å². The van der Waals surface area contributed by atoms with Gasteiger partial charge in [-0.05, 0) is 31.2 Å². The van der Waals surface area contributed by atoms with Crippen LogP contribution in [0.1, 0.15) is 42.6 Å². The summed E-state index contributed by atoms with van der Waals surface area (Å²) in [7, 11) is 1.45. The van der Waals surface area contributed by atoms with Gasteiger partial charge >= 0.3 is 5.97 Å². The summed E-state index contributed by atoms with van der Waals surface area (Å²) in [6.07, 6.45) is 3.85. The zero-order chi connectivity index (χ0) is 20.2. The fourth-order valence-corrected chi connectivity index (χ4v) is 4.09. The number of carbonyl (C=O) groups is 1. The second kappa shape index (κ2) is 6.77. The van der Waals surface area contributed by atoms with Crippen LogP contribution in [0, 0.1) is 11.7 Å². The van der Waals surface area contributed by atoms with Gasteiger partial charge in [-0.2, -0.15) is 0 Å². The zero-order valence-electron chi connectivity index (χ0n) is 15.9. The van der Waals surface area contributed by atoms with Crippen LogP contribution in [0.15, 0.2) is 17.1 Å². The standard InChI is InChI=1S/C20H24FN3O4/c1-10-8-23(6-5-15(10)22)17-14(21)7-12-16(19(17)28-2)24(11-3-4-11)9-13(18(12)25)20(26)27/h7,9-11,15H,3-6,8,22H2,1-2H3,(H,26,27)/t10-,15+/m1/s1. The Bertz CT molecular complexity index is 1010. The molecule has 2 atom stereocenters. The molecule has 1 saturated heterocycles. The molecular formula is C20H24FN3O4. The van der Waals surface area contributed by atoms with E-state index >= 15 is 4.39 Å². The first-order valence-electron chi connectivity index (χ1n) is 9.52. The van der Waals surface area contributed by atoms with Crippen LogP contribution in [0.25, 0.3) is 10.9 Å². The first-order valence-corrected chi connectivity index (χ1v) is 9.52. The van der Waals surface area contributed by atoms with E-state index in [0.717, 1.165) is 25.3 Å². The van der Waals surface area contributed by atoms with Crippen LogP contribution in [0.3, 0.4) is 0 Å². The number of hydrogen-bond acceptors (Lipinski definition) is 5. The summed E-state index contributed by atoms with van der Waals surface area (Å²) in [5.74, 6) is -1.44. The normalized spacial score (nSPS) is 22.5. The van der Waals surface area contributed by atoms with E-state index in [1.54, 1.807) is 4.57 Å². The molecule has 0 spiro atoms. The van der Waals surface area contributed by atoms with Crippen LogP contribution in [0.2, 0.25) is 0 Å². The fraction of sp³-hybridized carbons (Fsp3) is 0.500. The Labute approximate surface area is 161 Å². The summed E-state index contributed by atoms with van der Waals surface area (Å²) in [5.41, 5.74) is 5.82. The van der Waals surface area contributed by atoms with E-state index in [-0.39, 0.29) is 34.7 Å². The summed E-state index contributed by atoms with van der Waals surface area (Å²) in [6.45, 7) is 3.20. The van der Waals surface area contributed by atoms with E-state index in [4.69, 9.17) is 10.5 Å². The molecule has 3 N–H and O–H groups in total. The number of fused-ring (bicyclic) bond motifs is 1. The third kappa shape index (κ3) is 2.92. The van der Waals surface area contributed by atoms with Gasteiger partial charge in [-0.15, -0.1) is 0 Å². The number of pyridine rings is 1. The van der Waals surface area contributed by atoms with Gasteiger partial charge < -0.3 is 25.0 Å². The lowest BCUT2D eigenvalue weighted by Crippen LogP contribution is -2.46. The first-order chi connectivity index (χ1) is 13.3. The van der Waals surface area contributed by atoms with Crippen molar-refractivity contribution >= 4 is 22.6 Å². The SMILES string of the molecule is COc1c(N2CC[C@H](N)[C@H](C)C2)c(F)cc2c(=O)c(C(=O)O)cn(C3CC3)c12. The van der Waals surface area contributed by atoms with E-state index in [2.05, 4.69) is 0 Å². The second-order valence-electron chi connectivity index (χ2n) is 7.83. The maximum atomic E-state index is 15.2. The molecule has 150 valence electrons. The van der Waals surface area contributed by atoms with Crippen molar-refractivity contribution in [3.8, 4) is 5.75 Å². The minimum absolute atomic E-state index is 0.0339. The summed E-state index contributed by atoms with van der Waals surface area (Å²) in [4.78, 5) is 26.2. The van der Waals surface area contributed by atoms with Crippen molar-refractivity contribution in [2.45, 2.75) is 38.3 Å². The van der Waals surface area contributed by atoms with Crippen molar-refractivity contribution in [1.29, 1.82) is 0 Å². The average Bonchev–Trinajstić information content (AvgIpc) is 3.48. The molecule has 1 aromatic carbocycles. The van der Waals surface area contributed by atoms with Gasteiger partial charge in [-0.25, -0.2) is 9.18 Å². The Balaban J connectivity index is 1.99. The molecule has 1 saturated carbocycles. The number of piperidine rings is 1. The Hall–Kier alpha value is -2.61. The van der Waals surface area contributed by atoms with Crippen LogP contribution in [0.4, 0.5) is 10.1 Å². The summed E-state index contributed by atoms with van der Waals surface area (Å²) >= 11 is 0. The molecule has 28 heavy (non-hydrogen) atoms. The number of methoxy groups -OCH3 is 1. The quantitative estimate of drug-likeness (QED) is 0.833. The van der Waals surface area contributed by atoms with Gasteiger partial charge in [0.05, 0.1) is 18.0 Å². The van der Waals surface area contributed by atoms with Crippen molar-refractivity contribution in [1.82, 2.24) is 4.57 Å². The highest BCUT2D eigenvalue weighted by Gasteiger charge is 2.33. The number of nitrogens with two attached hydrogens (primary N) is 1. The molecule has 2 aliphatic rings. The molecule has 2 heterocycles. The minimum atomic E-state index is -1.32. The summed E-state index contributed by atoms with van der Waals surface area (Å²) in [6, 6.07) is 1.30. The molecule has 1 aliphatic heterocycles. The fourth-order valence-electron chi connectivity index (χ4n) is 4.09. The minimum Gasteiger partial charge on any atom is -0.492 e. The van der Waals surface area contributed by atoms with Crippen molar-refractivity contribution in [3.05, 3.63) is 33.9 Å². The molecular weight excluding hydrogens is 365 g/mol. The Kier molecular flexibility index (Phi) is 4.53. The van der Waals surface area contributed by atoms with Gasteiger partial charge in [0.15, 0.2) is 11.6 Å². The number of anilines is 1. The van der Waals surface area contributed by atoms with E-state index in [1.165, 1.54) is 13.3 Å². The zero-order valence-corrected chi connectivity index (χ0v) is 15.9. The number of ether oxygens (including phenoxy) is 1. The summed E-state index contributed by atoms with van der Waals surface area (Å²) < 4.78 is 22.6. The number of nitrogens with zero attached hydrogens (tertiary/aromatic N) is 2. The van der Waals surface area contributed by atoms with Gasteiger partial charge in [-0.1, -0.05) is 6.92 Å². The topological polar surface area (TPSA) is 97.8 Å². The predicted octanol–water partition coefficient (Wildman–Crippen LogP) is 2.36. The lowest BCUT2D eigenvalue weighted by atomic mass is 9.94. The Morgan fingerprint density at radius 1 is 1.36 bits per heavy atom. The van der Waals surface area contributed by atoms with Gasteiger partial charge in [0.1, 0.15) is 11.3 Å². The highest BCUT2D eigenvalue weighted by molar-refractivity contribution is 5.97. The van der Waals surface area contributed by atoms with E-state index in [9.17, 15) is 14.7 Å². The number of carboxylic acid groups (broad SMARTS) is 1. The number of benzene rings is 1. The summed E-state index contributed by atoms with van der Waals surface area (Å²) in [5, 5.41) is 9.44. The molecule has 2 fully saturated rings. The van der Waals surface area contributed by atoms with Crippen molar-refractivity contribution in [2.24, 2.45) is 11.7 Å². The smallest absolute Gasteiger partial charge is 0.341 e. The number of rotatable bonds is 4. The van der Waals surface area contributed by atoms with Crippen LogP contribution < -0.4 is 20.8 Å². The molecule has 8 heteroatoms. The van der Waals surface area contributed by atoms with Crippen molar-refractivity contribution < 1.29 is 19.0 Å². The molecule has 4 rings (SSSR count). The number of halogens is 1. The monoisotopic (exact) mass is 389 g/mol. The maximum Gasteiger partial charge on any atom is 0.341 e. The highest BCUT2D eigenvalue weighted by atomic mass is 19.1. The lowest BCUT2D eigenvalue weighted by Gasteiger charge is -2.37. The van der Waals surface area contributed by atoms with Gasteiger partial charge in [-0.3, -0.25) is 4.79 Å². The lowest BCUT2D eigenvalue weighted by molar-refractivity contribution is 0.0695. The Morgan fingerprint density at radius 3 is 2.64 bits per heavy atom. The van der Waals surface area contributed by atoms with Crippen molar-refractivity contribution in [2.75, 3.05) is 25.1 Å². The molecule has 1 aliphatic carbocycles. The third-order valence-electron chi connectivity index (χ3n) is 5.86. The number of hydrogen-bond donors (Lipinski definition) is 2. The predicted molar refractivity (Wildman–Crippen MR) is 104 cm³/mol. The molecule has 0 amide bonds. The average molecular weight is 389 g/mol. The van der Waals surface area contributed by atoms with E-state index in [1.807, 2.05) is 11.8 Å². The number of aromatic carboxylic acids is 1. The van der Waals surface area contributed by atoms with Gasteiger partial charge in [0.25, 0.3) is 0 Å². The first kappa shape index (κ1) is 18.7. The van der Waals surface area contributed by atoms with Crippen LogP contribution >= 0.6 is 0 Å². The Morgan fingerprint density at radius 2 is 2.07 bits per heavy atom. The molecule has 0 bridgehead atoms. The van der Waals surface area contributed by atoms with Crippen LogP contribution in [-0.4, -0.2) is 41.9 Å². The molecule has 1 aromatic heterocycles. The van der Waals surface area contributed by atoms with E-state index < -0.39 is 17.2 Å². The van der Waals surface area contributed by atoms with E-state index in [0.29, 0.717) is 24.3 Å². The van der Waals surface area contributed by atoms with Gasteiger partial charge in [0.2, 0.25) is 5.43 Å². The van der Waals surface area contributed by atoms with Crippen LogP contribution in [0.5, 0.6) is 5.75 Å². The highest BCUT2D eigenvalue weighted by Crippen LogP contribution is 2.44. The maximum absolute atomic E-state index is 15.2. The van der Waals surface area contributed by atoms with Crippen molar-refractivity contribution in [3.63, 3.8) is 0 Å². The molecule has 0 radical (unpaired) electrons. The number of aromatic nitrogens is 1. The van der Waals surface area contributed by atoms with Crippen LogP contribution in [-0.2, 0) is 0 Å². The molecule has 7 nitrogen and oxygen atoms in total. The molecule has 0 unspecified atom stereocenters. The second-order valence-corrected chi connectivity index (χ2v) is 7.83. The molecule has 2 aromatic rings. The third-order valence-corrected chi connectivity index (χ3v) is 5.86. The number of carboxylic acids is 1.